The fraction of sp³-hybridized carbons (Fsp3) is 0.200. The lowest BCUT2D eigenvalue weighted by atomic mass is 10.1. The van der Waals surface area contributed by atoms with E-state index in [0.717, 1.165) is 11.3 Å². The maximum Gasteiger partial charge on any atom is 0.253 e. The summed E-state index contributed by atoms with van der Waals surface area (Å²) in [6, 6.07) is 18.0. The second kappa shape index (κ2) is 8.60. The molecule has 0 saturated heterocycles. The highest BCUT2D eigenvalue weighted by atomic mass is 32.1. The van der Waals surface area contributed by atoms with Crippen LogP contribution in [-0.2, 0) is 17.8 Å². The topological polar surface area (TPSA) is 54.5 Å². The lowest BCUT2D eigenvalue weighted by Gasteiger charge is -2.14. The quantitative estimate of drug-likeness (QED) is 0.648. The van der Waals surface area contributed by atoms with Crippen molar-refractivity contribution in [3.8, 4) is 0 Å². The summed E-state index contributed by atoms with van der Waals surface area (Å²) in [7, 11) is 3.32. The maximum absolute atomic E-state index is 12.3. The Kier molecular flexibility index (Phi) is 5.99. The molecule has 0 atom stereocenters. The average molecular weight is 367 g/mol. The molecular weight excluding hydrogens is 346 g/mol. The van der Waals surface area contributed by atoms with E-state index in [1.807, 2.05) is 18.2 Å². The van der Waals surface area contributed by atoms with Gasteiger partial charge in [0.25, 0.3) is 5.91 Å². The lowest BCUT2D eigenvalue weighted by Crippen LogP contribution is -2.23. The number of carbonyl (C=O) groups excluding carboxylic acids is 1. The van der Waals surface area contributed by atoms with Crippen molar-refractivity contribution >= 4 is 23.1 Å². The Hall–Kier alpha value is -2.70. The molecule has 1 amide bonds. The van der Waals surface area contributed by atoms with Crippen molar-refractivity contribution in [1.82, 2.24) is 10.3 Å². The predicted molar refractivity (Wildman–Crippen MR) is 104 cm³/mol. The molecule has 0 fully saturated rings. The third kappa shape index (κ3) is 4.68. The lowest BCUT2D eigenvalue weighted by molar-refractivity contribution is 0.0951. The van der Waals surface area contributed by atoms with Crippen molar-refractivity contribution in [2.75, 3.05) is 19.2 Å². The van der Waals surface area contributed by atoms with Crippen LogP contribution in [0.25, 0.3) is 0 Å². The molecule has 2 aromatic heterocycles. The van der Waals surface area contributed by atoms with Gasteiger partial charge in [-0.25, -0.2) is 10.0 Å². The number of nitrogens with one attached hydrogen (secondary N) is 1. The zero-order chi connectivity index (χ0) is 18.4. The number of benzene rings is 1. The number of nitrogens with zero attached hydrogens (tertiary/aromatic N) is 2. The molecule has 26 heavy (non-hydrogen) atoms. The number of hydroxylamine groups is 1. The number of hydrogen-bond acceptors (Lipinski definition) is 5. The number of carbonyl (C=O) groups is 1. The van der Waals surface area contributed by atoms with Crippen molar-refractivity contribution in [2.24, 2.45) is 0 Å². The minimum atomic E-state index is -0.137. The van der Waals surface area contributed by atoms with E-state index in [1.54, 1.807) is 43.8 Å². The van der Waals surface area contributed by atoms with Crippen LogP contribution in [0.15, 0.2) is 60.8 Å². The van der Waals surface area contributed by atoms with Crippen LogP contribution < -0.4 is 10.4 Å². The highest BCUT2D eigenvalue weighted by molar-refractivity contribution is 7.12. The Morgan fingerprint density at radius 1 is 1.12 bits per heavy atom. The van der Waals surface area contributed by atoms with Gasteiger partial charge in [0, 0.05) is 29.4 Å². The third-order valence-corrected chi connectivity index (χ3v) is 5.05. The van der Waals surface area contributed by atoms with Crippen LogP contribution in [0.1, 0.15) is 25.7 Å². The van der Waals surface area contributed by atoms with Gasteiger partial charge in [-0.3, -0.25) is 9.63 Å². The SMILES string of the molecule is CON(C)c1ccc(C(=O)NCc2ccc(Cc3ccccc3)s2)cn1. The molecule has 2 heterocycles. The number of rotatable bonds is 7. The summed E-state index contributed by atoms with van der Waals surface area (Å²) in [5, 5.41) is 4.47. The first-order chi connectivity index (χ1) is 12.7. The molecule has 0 bridgehead atoms. The van der Waals surface area contributed by atoms with Gasteiger partial charge >= 0.3 is 0 Å². The molecule has 3 aromatic rings. The van der Waals surface area contributed by atoms with Gasteiger partial charge in [-0.2, -0.15) is 0 Å². The monoisotopic (exact) mass is 367 g/mol. The highest BCUT2D eigenvalue weighted by Gasteiger charge is 2.09. The first-order valence-corrected chi connectivity index (χ1v) is 9.11. The number of anilines is 1. The van der Waals surface area contributed by atoms with E-state index in [1.165, 1.54) is 15.5 Å². The summed E-state index contributed by atoms with van der Waals surface area (Å²) in [6.07, 6.45) is 2.47. The van der Waals surface area contributed by atoms with Gasteiger partial charge in [0.05, 0.1) is 19.2 Å². The van der Waals surface area contributed by atoms with E-state index >= 15 is 0 Å². The van der Waals surface area contributed by atoms with Crippen LogP contribution in [-0.4, -0.2) is 25.0 Å². The molecule has 0 aliphatic carbocycles. The standard InChI is InChI=1S/C20H21N3O2S/c1-23(25-2)19-11-8-16(13-21-19)20(24)22-14-18-10-9-17(26-18)12-15-6-4-3-5-7-15/h3-11,13H,12,14H2,1-2H3,(H,22,24). The summed E-state index contributed by atoms with van der Waals surface area (Å²) in [5.41, 5.74) is 1.82. The maximum atomic E-state index is 12.3. The number of amides is 1. The van der Waals surface area contributed by atoms with Crippen molar-refractivity contribution < 1.29 is 9.63 Å². The average Bonchev–Trinajstić information content (AvgIpc) is 3.13. The van der Waals surface area contributed by atoms with E-state index in [2.05, 4.69) is 34.6 Å². The predicted octanol–water partition coefficient (Wildman–Crippen LogP) is 3.66. The fourth-order valence-corrected chi connectivity index (χ4v) is 3.47. The van der Waals surface area contributed by atoms with Crippen molar-refractivity contribution in [2.45, 2.75) is 13.0 Å². The minimum absolute atomic E-state index is 0.137. The van der Waals surface area contributed by atoms with Gasteiger partial charge in [0.15, 0.2) is 5.82 Å². The number of pyridine rings is 1. The van der Waals surface area contributed by atoms with Gasteiger partial charge in [-0.1, -0.05) is 30.3 Å². The molecule has 0 unspecified atom stereocenters. The summed E-state index contributed by atoms with van der Waals surface area (Å²) in [6.45, 7) is 0.512. The fourth-order valence-electron chi connectivity index (χ4n) is 2.48. The third-order valence-electron chi connectivity index (χ3n) is 3.97. The van der Waals surface area contributed by atoms with Crippen LogP contribution in [0.2, 0.25) is 0 Å². The summed E-state index contributed by atoms with van der Waals surface area (Å²) in [5.74, 6) is 0.509. The summed E-state index contributed by atoms with van der Waals surface area (Å²) >= 11 is 1.72. The highest BCUT2D eigenvalue weighted by Crippen LogP contribution is 2.20. The summed E-state index contributed by atoms with van der Waals surface area (Å²) < 4.78 is 0. The van der Waals surface area contributed by atoms with Crippen molar-refractivity contribution in [3.63, 3.8) is 0 Å². The van der Waals surface area contributed by atoms with Crippen LogP contribution in [0.4, 0.5) is 5.82 Å². The molecule has 6 heteroatoms. The minimum Gasteiger partial charge on any atom is -0.347 e. The summed E-state index contributed by atoms with van der Waals surface area (Å²) in [4.78, 5) is 24.0. The Balaban J connectivity index is 1.55. The smallest absolute Gasteiger partial charge is 0.253 e. The van der Waals surface area contributed by atoms with Crippen LogP contribution in [0.3, 0.4) is 0 Å². The van der Waals surface area contributed by atoms with E-state index in [0.29, 0.717) is 17.9 Å². The largest absolute Gasteiger partial charge is 0.347 e. The van der Waals surface area contributed by atoms with Gasteiger partial charge in [0.2, 0.25) is 0 Å². The van der Waals surface area contributed by atoms with Crippen LogP contribution in [0.5, 0.6) is 0 Å². The Morgan fingerprint density at radius 2 is 1.88 bits per heavy atom. The molecule has 5 nitrogen and oxygen atoms in total. The van der Waals surface area contributed by atoms with Gasteiger partial charge in [-0.05, 0) is 29.8 Å². The molecule has 134 valence electrons. The van der Waals surface area contributed by atoms with E-state index in [-0.39, 0.29) is 5.91 Å². The molecular formula is C20H21N3O2S. The number of hydrogen-bond donors (Lipinski definition) is 1. The van der Waals surface area contributed by atoms with Gasteiger partial charge in [-0.15, -0.1) is 11.3 Å². The molecule has 1 aromatic carbocycles. The second-order valence-electron chi connectivity index (χ2n) is 5.80. The van der Waals surface area contributed by atoms with Crippen LogP contribution in [0, 0.1) is 0 Å². The molecule has 1 N–H and O–H groups in total. The molecule has 0 saturated carbocycles. The zero-order valence-electron chi connectivity index (χ0n) is 14.8. The van der Waals surface area contributed by atoms with E-state index < -0.39 is 0 Å². The molecule has 0 aliphatic heterocycles. The van der Waals surface area contributed by atoms with Crippen molar-refractivity contribution in [1.29, 1.82) is 0 Å². The molecule has 0 spiro atoms. The number of thiophene rings is 1. The Bertz CT molecular complexity index is 847. The molecule has 3 rings (SSSR count). The second-order valence-corrected chi connectivity index (χ2v) is 7.05. The van der Waals surface area contributed by atoms with Gasteiger partial charge in [0.1, 0.15) is 0 Å². The first kappa shape index (κ1) is 18.1. The first-order valence-electron chi connectivity index (χ1n) is 8.29. The normalized spacial score (nSPS) is 10.5. The van der Waals surface area contributed by atoms with E-state index in [9.17, 15) is 4.79 Å². The van der Waals surface area contributed by atoms with Crippen LogP contribution >= 0.6 is 11.3 Å². The van der Waals surface area contributed by atoms with Gasteiger partial charge < -0.3 is 5.32 Å². The number of aromatic nitrogens is 1. The molecule has 0 radical (unpaired) electrons. The Labute approximate surface area is 157 Å². The van der Waals surface area contributed by atoms with E-state index in [4.69, 9.17) is 4.84 Å². The zero-order valence-corrected chi connectivity index (χ0v) is 15.6. The molecule has 0 aliphatic rings. The Morgan fingerprint density at radius 3 is 2.58 bits per heavy atom. The van der Waals surface area contributed by atoms with Crippen molar-refractivity contribution in [3.05, 3.63) is 81.7 Å².